The van der Waals surface area contributed by atoms with Gasteiger partial charge in [-0.1, -0.05) is 30.3 Å². The number of fused-ring (bicyclic) bond motifs is 1. The van der Waals surface area contributed by atoms with E-state index in [0.717, 1.165) is 62.1 Å². The second kappa shape index (κ2) is 10.9. The van der Waals surface area contributed by atoms with Crippen LogP contribution < -0.4 is 9.47 Å². The summed E-state index contributed by atoms with van der Waals surface area (Å²) in [5.41, 5.74) is 3.55. The number of ether oxygens (including phenoxy) is 2. The molecule has 4 rings (SSSR count). The molecule has 34 heavy (non-hydrogen) atoms. The number of rotatable bonds is 7. The number of methoxy groups -OCH3 is 2. The monoisotopic (exact) mass is 464 g/mol. The van der Waals surface area contributed by atoms with Crippen molar-refractivity contribution >= 4 is 11.8 Å². The molecule has 1 fully saturated rings. The molecule has 2 aromatic carbocycles. The Labute approximate surface area is 202 Å². The van der Waals surface area contributed by atoms with Gasteiger partial charge in [-0.15, -0.1) is 0 Å². The van der Waals surface area contributed by atoms with E-state index in [4.69, 9.17) is 9.47 Å². The first-order valence-corrected chi connectivity index (χ1v) is 12.4. The van der Waals surface area contributed by atoms with Gasteiger partial charge in [-0.3, -0.25) is 9.59 Å². The van der Waals surface area contributed by atoms with Gasteiger partial charge in [0.15, 0.2) is 11.5 Å². The summed E-state index contributed by atoms with van der Waals surface area (Å²) in [6, 6.07) is 14.3. The number of benzene rings is 2. The van der Waals surface area contributed by atoms with Crippen molar-refractivity contribution in [2.24, 2.45) is 0 Å². The fraction of sp³-hybridized carbons (Fsp3) is 0.500. The van der Waals surface area contributed by atoms with Gasteiger partial charge in [0.25, 0.3) is 0 Å². The molecule has 2 unspecified atom stereocenters. The van der Waals surface area contributed by atoms with Crippen LogP contribution in [0, 0.1) is 0 Å². The van der Waals surface area contributed by atoms with Crippen LogP contribution in [-0.2, 0) is 22.4 Å². The summed E-state index contributed by atoms with van der Waals surface area (Å²) in [6.07, 6.45) is 6.19. The van der Waals surface area contributed by atoms with E-state index >= 15 is 0 Å². The first-order valence-electron chi connectivity index (χ1n) is 12.4. The summed E-state index contributed by atoms with van der Waals surface area (Å²) in [5.74, 6) is 1.65. The van der Waals surface area contributed by atoms with Gasteiger partial charge in [0.05, 0.1) is 26.7 Å². The molecular formula is C28H36N2O4. The average Bonchev–Trinajstić information content (AvgIpc) is 2.87. The quantitative estimate of drug-likeness (QED) is 0.603. The SMILES string of the molecule is COc1ccc(CCC2CCCCN2C(=O)CC2c3ccccc3CCN2C(C)=O)cc1OC. The van der Waals surface area contributed by atoms with Crippen molar-refractivity contribution in [2.75, 3.05) is 27.3 Å². The third kappa shape index (κ3) is 5.21. The number of aryl methyl sites for hydroxylation is 1. The summed E-state index contributed by atoms with van der Waals surface area (Å²) in [4.78, 5) is 29.9. The van der Waals surface area contributed by atoms with Crippen molar-refractivity contribution in [3.63, 3.8) is 0 Å². The zero-order chi connectivity index (χ0) is 24.1. The Balaban J connectivity index is 1.47. The van der Waals surface area contributed by atoms with Gasteiger partial charge in [0.2, 0.25) is 11.8 Å². The number of likely N-dealkylation sites (tertiary alicyclic amines) is 1. The van der Waals surface area contributed by atoms with E-state index < -0.39 is 0 Å². The molecule has 6 nitrogen and oxygen atoms in total. The standard InChI is InChI=1S/C28H36N2O4/c1-20(31)29-17-15-22-8-4-5-10-24(22)25(29)19-28(32)30-16-7-6-9-23(30)13-11-21-12-14-26(33-2)27(18-21)34-3/h4-5,8,10,12,14,18,23,25H,6-7,9,11,13,15-17,19H2,1-3H3. The molecule has 2 heterocycles. The smallest absolute Gasteiger partial charge is 0.225 e. The Kier molecular flexibility index (Phi) is 7.76. The van der Waals surface area contributed by atoms with E-state index in [1.807, 2.05) is 29.2 Å². The highest BCUT2D eigenvalue weighted by Crippen LogP contribution is 2.34. The third-order valence-electron chi connectivity index (χ3n) is 7.35. The highest BCUT2D eigenvalue weighted by Gasteiger charge is 2.34. The number of carbonyl (C=O) groups excluding carboxylic acids is 2. The molecule has 0 bridgehead atoms. The molecule has 2 aromatic rings. The molecule has 182 valence electrons. The summed E-state index contributed by atoms with van der Waals surface area (Å²) in [5, 5.41) is 0. The van der Waals surface area contributed by atoms with Gasteiger partial charge in [0.1, 0.15) is 0 Å². The minimum Gasteiger partial charge on any atom is -0.493 e. The Morgan fingerprint density at radius 2 is 1.76 bits per heavy atom. The number of carbonyl (C=O) groups is 2. The lowest BCUT2D eigenvalue weighted by molar-refractivity contribution is -0.139. The second-order valence-corrected chi connectivity index (χ2v) is 9.35. The number of nitrogens with zero attached hydrogens (tertiary/aromatic N) is 2. The summed E-state index contributed by atoms with van der Waals surface area (Å²) < 4.78 is 10.8. The lowest BCUT2D eigenvalue weighted by Crippen LogP contribution is -2.47. The topological polar surface area (TPSA) is 59.1 Å². The lowest BCUT2D eigenvalue weighted by atomic mass is 9.89. The van der Waals surface area contributed by atoms with Crippen molar-refractivity contribution in [3.05, 3.63) is 59.2 Å². The molecule has 2 atom stereocenters. The third-order valence-corrected chi connectivity index (χ3v) is 7.35. The highest BCUT2D eigenvalue weighted by atomic mass is 16.5. The molecule has 0 spiro atoms. The zero-order valence-corrected chi connectivity index (χ0v) is 20.6. The van der Waals surface area contributed by atoms with Gasteiger partial charge >= 0.3 is 0 Å². The Morgan fingerprint density at radius 3 is 2.53 bits per heavy atom. The van der Waals surface area contributed by atoms with Crippen LogP contribution in [-0.4, -0.2) is 55.0 Å². The predicted molar refractivity (Wildman–Crippen MR) is 132 cm³/mol. The number of hydrogen-bond acceptors (Lipinski definition) is 4. The van der Waals surface area contributed by atoms with Gasteiger partial charge in [-0.2, -0.15) is 0 Å². The van der Waals surface area contributed by atoms with Crippen LogP contribution in [0.15, 0.2) is 42.5 Å². The number of piperidine rings is 1. The summed E-state index contributed by atoms with van der Waals surface area (Å²) in [7, 11) is 3.29. The van der Waals surface area contributed by atoms with E-state index in [0.29, 0.717) is 13.0 Å². The van der Waals surface area contributed by atoms with Gasteiger partial charge in [-0.25, -0.2) is 0 Å². The van der Waals surface area contributed by atoms with E-state index in [9.17, 15) is 9.59 Å². The molecule has 2 aliphatic rings. The summed E-state index contributed by atoms with van der Waals surface area (Å²) in [6.45, 7) is 3.08. The van der Waals surface area contributed by atoms with Crippen LogP contribution in [0.2, 0.25) is 0 Å². The molecule has 0 aromatic heterocycles. The minimum absolute atomic E-state index is 0.0379. The molecular weight excluding hydrogens is 428 g/mol. The average molecular weight is 465 g/mol. The molecule has 0 saturated carbocycles. The Hall–Kier alpha value is -3.02. The van der Waals surface area contributed by atoms with Crippen LogP contribution >= 0.6 is 0 Å². The van der Waals surface area contributed by atoms with Crippen molar-refractivity contribution in [3.8, 4) is 11.5 Å². The van der Waals surface area contributed by atoms with Crippen LogP contribution in [0.25, 0.3) is 0 Å². The van der Waals surface area contributed by atoms with Gasteiger partial charge < -0.3 is 19.3 Å². The van der Waals surface area contributed by atoms with Crippen molar-refractivity contribution in [1.82, 2.24) is 9.80 Å². The van der Waals surface area contributed by atoms with Crippen LogP contribution in [0.1, 0.15) is 61.8 Å². The summed E-state index contributed by atoms with van der Waals surface area (Å²) >= 11 is 0. The van der Waals surface area contributed by atoms with Gasteiger partial charge in [0, 0.05) is 26.1 Å². The van der Waals surface area contributed by atoms with Crippen molar-refractivity contribution < 1.29 is 19.1 Å². The van der Waals surface area contributed by atoms with Gasteiger partial charge in [-0.05, 0) is 67.3 Å². The maximum absolute atomic E-state index is 13.6. The maximum Gasteiger partial charge on any atom is 0.225 e. The van der Waals surface area contributed by atoms with Crippen molar-refractivity contribution in [2.45, 2.75) is 64.0 Å². The largest absolute Gasteiger partial charge is 0.493 e. The minimum atomic E-state index is -0.177. The highest BCUT2D eigenvalue weighted by molar-refractivity contribution is 5.80. The van der Waals surface area contributed by atoms with Crippen LogP contribution in [0.4, 0.5) is 0 Å². The Bertz CT molecular complexity index is 1020. The first-order chi connectivity index (χ1) is 16.5. The van der Waals surface area contributed by atoms with Crippen LogP contribution in [0.5, 0.6) is 11.5 Å². The first kappa shape index (κ1) is 24.1. The molecule has 6 heteroatoms. The normalized spacial score (nSPS) is 20.0. The van der Waals surface area contributed by atoms with Crippen LogP contribution in [0.3, 0.4) is 0 Å². The maximum atomic E-state index is 13.6. The molecule has 0 N–H and O–H groups in total. The molecule has 2 aliphatic heterocycles. The van der Waals surface area contributed by atoms with Crippen molar-refractivity contribution in [1.29, 1.82) is 0 Å². The zero-order valence-electron chi connectivity index (χ0n) is 20.6. The fourth-order valence-corrected chi connectivity index (χ4v) is 5.53. The lowest BCUT2D eigenvalue weighted by Gasteiger charge is -2.40. The van der Waals surface area contributed by atoms with E-state index in [1.165, 1.54) is 11.1 Å². The Morgan fingerprint density at radius 1 is 0.971 bits per heavy atom. The molecule has 0 aliphatic carbocycles. The fourth-order valence-electron chi connectivity index (χ4n) is 5.53. The number of hydrogen-bond donors (Lipinski definition) is 0. The van der Waals surface area contributed by atoms with E-state index in [-0.39, 0.29) is 23.9 Å². The molecule has 1 saturated heterocycles. The number of amides is 2. The molecule has 2 amide bonds. The predicted octanol–water partition coefficient (Wildman–Crippen LogP) is 4.55. The second-order valence-electron chi connectivity index (χ2n) is 9.35. The molecule has 0 radical (unpaired) electrons. The van der Waals surface area contributed by atoms with E-state index in [1.54, 1.807) is 21.1 Å². The van der Waals surface area contributed by atoms with E-state index in [2.05, 4.69) is 23.1 Å².